The number of rotatable bonds is 5. The van der Waals surface area contributed by atoms with Crippen LogP contribution in [0.5, 0.6) is 0 Å². The summed E-state index contributed by atoms with van der Waals surface area (Å²) in [7, 11) is 0. The van der Waals surface area contributed by atoms with Crippen molar-refractivity contribution in [1.29, 1.82) is 0 Å². The molecule has 110 valence electrons. The van der Waals surface area contributed by atoms with Gasteiger partial charge in [-0.1, -0.05) is 30.4 Å². The van der Waals surface area contributed by atoms with E-state index in [4.69, 9.17) is 22.9 Å². The standard InChI is InChI=1S/C16H19N3OS/c17-16(21)13-10-15(18-14-7-2-1-6-12(13)14)19(8-9-20)11-4-3-5-11/h1-2,6-7,10-11,20H,3-5,8-9H2,(H2,17,21). The molecule has 0 unspecified atom stereocenters. The summed E-state index contributed by atoms with van der Waals surface area (Å²) in [5.74, 6) is 0.857. The molecule has 1 fully saturated rings. The SMILES string of the molecule is NC(=S)c1cc(N(CCO)C2CCC2)nc2ccccc12. The zero-order valence-electron chi connectivity index (χ0n) is 11.8. The molecule has 1 aromatic heterocycles. The molecule has 1 heterocycles. The summed E-state index contributed by atoms with van der Waals surface area (Å²) in [5.41, 5.74) is 7.62. The maximum absolute atomic E-state index is 9.34. The van der Waals surface area contributed by atoms with Gasteiger partial charge in [0.25, 0.3) is 0 Å². The molecule has 1 saturated carbocycles. The summed E-state index contributed by atoms with van der Waals surface area (Å²) in [6.07, 6.45) is 3.54. The fourth-order valence-corrected chi connectivity index (χ4v) is 2.97. The van der Waals surface area contributed by atoms with Gasteiger partial charge in [-0.05, 0) is 31.4 Å². The van der Waals surface area contributed by atoms with Crippen molar-refractivity contribution < 1.29 is 5.11 Å². The first-order chi connectivity index (χ1) is 10.2. The van der Waals surface area contributed by atoms with Crippen molar-refractivity contribution in [1.82, 2.24) is 4.98 Å². The Morgan fingerprint density at radius 2 is 2.14 bits per heavy atom. The van der Waals surface area contributed by atoms with Crippen molar-refractivity contribution in [2.45, 2.75) is 25.3 Å². The quantitative estimate of drug-likeness (QED) is 0.829. The van der Waals surface area contributed by atoms with Gasteiger partial charge in [-0.3, -0.25) is 0 Å². The van der Waals surface area contributed by atoms with Crippen LogP contribution < -0.4 is 10.6 Å². The summed E-state index contributed by atoms with van der Waals surface area (Å²) in [4.78, 5) is 7.30. The number of pyridine rings is 1. The van der Waals surface area contributed by atoms with Gasteiger partial charge in [-0.15, -0.1) is 0 Å². The molecule has 1 aliphatic carbocycles. The van der Waals surface area contributed by atoms with Crippen molar-refractivity contribution in [2.75, 3.05) is 18.1 Å². The number of aliphatic hydroxyl groups is 1. The molecule has 2 aromatic rings. The van der Waals surface area contributed by atoms with Crippen molar-refractivity contribution in [3.05, 3.63) is 35.9 Å². The number of anilines is 1. The van der Waals surface area contributed by atoms with Crippen molar-refractivity contribution in [3.63, 3.8) is 0 Å². The van der Waals surface area contributed by atoms with Crippen molar-refractivity contribution in [2.24, 2.45) is 5.73 Å². The molecule has 0 spiro atoms. The van der Waals surface area contributed by atoms with E-state index in [9.17, 15) is 5.11 Å². The zero-order chi connectivity index (χ0) is 14.8. The number of benzene rings is 1. The van der Waals surface area contributed by atoms with E-state index in [0.717, 1.165) is 35.1 Å². The third kappa shape index (κ3) is 2.71. The van der Waals surface area contributed by atoms with Crippen LogP contribution in [0.25, 0.3) is 10.9 Å². The van der Waals surface area contributed by atoms with Gasteiger partial charge in [0.2, 0.25) is 0 Å². The van der Waals surface area contributed by atoms with Crippen LogP contribution in [0.15, 0.2) is 30.3 Å². The number of hydrogen-bond donors (Lipinski definition) is 2. The van der Waals surface area contributed by atoms with Gasteiger partial charge in [-0.25, -0.2) is 4.98 Å². The van der Waals surface area contributed by atoms with Crippen molar-refractivity contribution >= 4 is 33.9 Å². The van der Waals surface area contributed by atoms with Crippen LogP contribution in [0.3, 0.4) is 0 Å². The minimum Gasteiger partial charge on any atom is -0.395 e. The highest BCUT2D eigenvalue weighted by molar-refractivity contribution is 7.80. The highest BCUT2D eigenvalue weighted by Crippen LogP contribution is 2.30. The molecule has 1 aromatic carbocycles. The molecule has 3 N–H and O–H groups in total. The van der Waals surface area contributed by atoms with Gasteiger partial charge in [0.15, 0.2) is 0 Å². The number of para-hydroxylation sites is 1. The molecule has 0 radical (unpaired) electrons. The number of fused-ring (bicyclic) bond motifs is 1. The molecule has 3 rings (SSSR count). The lowest BCUT2D eigenvalue weighted by molar-refractivity contribution is 0.283. The minimum atomic E-state index is 0.118. The van der Waals surface area contributed by atoms with Gasteiger partial charge in [0, 0.05) is 23.5 Å². The Morgan fingerprint density at radius 1 is 1.38 bits per heavy atom. The fraction of sp³-hybridized carbons (Fsp3) is 0.375. The van der Waals surface area contributed by atoms with Gasteiger partial charge < -0.3 is 15.7 Å². The van der Waals surface area contributed by atoms with Crippen LogP contribution in [-0.4, -0.2) is 34.3 Å². The summed E-state index contributed by atoms with van der Waals surface area (Å²) in [5, 5.41) is 10.3. The first kappa shape index (κ1) is 14.2. The average Bonchev–Trinajstić information content (AvgIpc) is 2.43. The second-order valence-electron chi connectivity index (χ2n) is 5.41. The smallest absolute Gasteiger partial charge is 0.130 e. The van der Waals surface area contributed by atoms with Crippen LogP contribution in [0.2, 0.25) is 0 Å². The highest BCUT2D eigenvalue weighted by atomic mass is 32.1. The number of aliphatic hydroxyl groups excluding tert-OH is 1. The molecular weight excluding hydrogens is 282 g/mol. The predicted octanol–water partition coefficient (Wildman–Crippen LogP) is 2.22. The summed E-state index contributed by atoms with van der Waals surface area (Å²) in [6.45, 7) is 0.709. The highest BCUT2D eigenvalue weighted by Gasteiger charge is 2.26. The Hall–Kier alpha value is -1.72. The Bertz CT molecular complexity index is 670. The Morgan fingerprint density at radius 3 is 2.76 bits per heavy atom. The third-order valence-corrected chi connectivity index (χ3v) is 4.34. The van der Waals surface area contributed by atoms with Crippen molar-refractivity contribution in [3.8, 4) is 0 Å². The molecule has 0 atom stereocenters. The van der Waals surface area contributed by atoms with E-state index < -0.39 is 0 Å². The topological polar surface area (TPSA) is 62.4 Å². The first-order valence-electron chi connectivity index (χ1n) is 7.28. The number of hydrogen-bond acceptors (Lipinski definition) is 4. The first-order valence-corrected chi connectivity index (χ1v) is 7.68. The van der Waals surface area contributed by atoms with Crippen LogP contribution in [0.4, 0.5) is 5.82 Å². The number of aromatic nitrogens is 1. The predicted molar refractivity (Wildman–Crippen MR) is 89.7 cm³/mol. The van der Waals surface area contributed by atoms with E-state index >= 15 is 0 Å². The maximum Gasteiger partial charge on any atom is 0.130 e. The van der Waals surface area contributed by atoms with Crippen LogP contribution in [0, 0.1) is 0 Å². The summed E-state index contributed by atoms with van der Waals surface area (Å²) >= 11 is 5.19. The second kappa shape index (κ2) is 5.95. The average molecular weight is 301 g/mol. The fourth-order valence-electron chi connectivity index (χ4n) is 2.80. The van der Waals surface area contributed by atoms with E-state index in [2.05, 4.69) is 4.90 Å². The monoisotopic (exact) mass is 301 g/mol. The summed E-state index contributed by atoms with van der Waals surface area (Å²) in [6, 6.07) is 10.3. The lowest BCUT2D eigenvalue weighted by Crippen LogP contribution is -2.42. The number of thiocarbonyl (C=S) groups is 1. The summed E-state index contributed by atoms with van der Waals surface area (Å²) < 4.78 is 0. The van der Waals surface area contributed by atoms with Crippen LogP contribution >= 0.6 is 12.2 Å². The van der Waals surface area contributed by atoms with Gasteiger partial charge in [0.1, 0.15) is 10.8 Å². The molecular formula is C16H19N3OS. The van der Waals surface area contributed by atoms with E-state index in [1.807, 2.05) is 30.3 Å². The molecule has 0 amide bonds. The van der Waals surface area contributed by atoms with Crippen LogP contribution in [0.1, 0.15) is 24.8 Å². The van der Waals surface area contributed by atoms with E-state index in [1.54, 1.807) is 0 Å². The van der Waals surface area contributed by atoms with Gasteiger partial charge in [-0.2, -0.15) is 0 Å². The lowest BCUT2D eigenvalue weighted by atomic mass is 9.91. The normalized spacial score (nSPS) is 14.9. The largest absolute Gasteiger partial charge is 0.395 e. The lowest BCUT2D eigenvalue weighted by Gasteiger charge is -2.38. The van der Waals surface area contributed by atoms with E-state index in [0.29, 0.717) is 17.6 Å². The van der Waals surface area contributed by atoms with Gasteiger partial charge in [0.05, 0.1) is 12.1 Å². The maximum atomic E-state index is 9.34. The van der Waals surface area contributed by atoms with E-state index in [1.165, 1.54) is 6.42 Å². The Labute approximate surface area is 129 Å². The van der Waals surface area contributed by atoms with Gasteiger partial charge >= 0.3 is 0 Å². The van der Waals surface area contributed by atoms with Crippen LogP contribution in [-0.2, 0) is 0 Å². The Balaban J connectivity index is 2.10. The third-order valence-electron chi connectivity index (χ3n) is 4.12. The second-order valence-corrected chi connectivity index (χ2v) is 5.85. The molecule has 0 saturated heterocycles. The molecule has 21 heavy (non-hydrogen) atoms. The molecule has 0 aliphatic heterocycles. The molecule has 0 bridgehead atoms. The number of nitrogens with zero attached hydrogens (tertiary/aromatic N) is 2. The minimum absolute atomic E-state index is 0.118. The zero-order valence-corrected chi connectivity index (χ0v) is 12.6. The van der Waals surface area contributed by atoms with E-state index in [-0.39, 0.29) is 6.61 Å². The Kier molecular flexibility index (Phi) is 4.03. The molecule has 5 heteroatoms. The number of nitrogens with two attached hydrogens (primary N) is 1. The molecule has 1 aliphatic rings. The molecule has 4 nitrogen and oxygen atoms in total.